The third-order valence-corrected chi connectivity index (χ3v) is 4.75. The number of morpholine rings is 1. The van der Waals surface area contributed by atoms with E-state index in [9.17, 15) is 0 Å². The summed E-state index contributed by atoms with van der Waals surface area (Å²) in [4.78, 5) is 2.69. The molecule has 0 radical (unpaired) electrons. The fourth-order valence-electron chi connectivity index (χ4n) is 3.54. The molecule has 0 amide bonds. The molecule has 2 aliphatic heterocycles. The van der Waals surface area contributed by atoms with Crippen LogP contribution in [0.4, 0.5) is 0 Å². The monoisotopic (exact) mass is 267 g/mol. The molecule has 2 saturated heterocycles. The lowest BCUT2D eigenvalue weighted by atomic mass is 10.0. The van der Waals surface area contributed by atoms with E-state index in [2.05, 4.69) is 22.5 Å². The van der Waals surface area contributed by atoms with E-state index in [4.69, 9.17) is 4.74 Å². The van der Waals surface area contributed by atoms with Crippen molar-refractivity contribution in [1.29, 1.82) is 0 Å². The Morgan fingerprint density at radius 1 is 1.26 bits per heavy atom. The van der Waals surface area contributed by atoms with E-state index in [-0.39, 0.29) is 0 Å². The lowest BCUT2D eigenvalue weighted by molar-refractivity contribution is 0.0700. The van der Waals surface area contributed by atoms with E-state index in [0.29, 0.717) is 12.1 Å². The number of hydrogen-bond donors (Lipinski definition) is 2. The molecule has 0 aromatic rings. The van der Waals surface area contributed by atoms with E-state index in [1.54, 1.807) is 0 Å². The van der Waals surface area contributed by atoms with Crippen LogP contribution in [0.3, 0.4) is 0 Å². The van der Waals surface area contributed by atoms with Gasteiger partial charge in [0.15, 0.2) is 0 Å². The first kappa shape index (κ1) is 13.8. The van der Waals surface area contributed by atoms with Crippen molar-refractivity contribution in [3.05, 3.63) is 0 Å². The van der Waals surface area contributed by atoms with Crippen molar-refractivity contribution in [2.45, 2.75) is 63.2 Å². The Morgan fingerprint density at radius 2 is 2.05 bits per heavy atom. The maximum absolute atomic E-state index is 5.52. The van der Waals surface area contributed by atoms with Crippen LogP contribution in [-0.2, 0) is 4.74 Å². The van der Waals surface area contributed by atoms with Gasteiger partial charge in [0.2, 0.25) is 0 Å². The van der Waals surface area contributed by atoms with E-state index in [0.717, 1.165) is 31.8 Å². The van der Waals surface area contributed by atoms with Gasteiger partial charge in [-0.25, -0.2) is 0 Å². The van der Waals surface area contributed by atoms with Gasteiger partial charge in [-0.1, -0.05) is 0 Å². The zero-order valence-electron chi connectivity index (χ0n) is 12.2. The molecule has 4 heteroatoms. The van der Waals surface area contributed by atoms with Crippen molar-refractivity contribution in [2.24, 2.45) is 0 Å². The molecule has 0 aromatic heterocycles. The molecule has 3 rings (SSSR count). The fourth-order valence-corrected chi connectivity index (χ4v) is 3.54. The smallest absolute Gasteiger partial charge is 0.0620 e. The van der Waals surface area contributed by atoms with Crippen LogP contribution < -0.4 is 10.6 Å². The summed E-state index contributed by atoms with van der Waals surface area (Å²) >= 11 is 0. The van der Waals surface area contributed by atoms with Crippen LogP contribution in [0, 0.1) is 0 Å². The molecule has 19 heavy (non-hydrogen) atoms. The molecule has 2 unspecified atom stereocenters. The van der Waals surface area contributed by atoms with Crippen molar-refractivity contribution >= 4 is 0 Å². The molecule has 0 aromatic carbocycles. The first-order chi connectivity index (χ1) is 9.31. The molecule has 2 N–H and O–H groups in total. The van der Waals surface area contributed by atoms with Gasteiger partial charge in [-0.05, 0) is 52.1 Å². The molecule has 0 spiro atoms. The van der Waals surface area contributed by atoms with E-state index in [1.807, 2.05) is 0 Å². The SMILES string of the molecule is CC(CC1COCCN1)NC1CCN(C2CC2)CC1. The lowest BCUT2D eigenvalue weighted by Crippen LogP contribution is -2.49. The van der Waals surface area contributed by atoms with Crippen molar-refractivity contribution in [3.8, 4) is 0 Å². The van der Waals surface area contributed by atoms with E-state index < -0.39 is 0 Å². The van der Waals surface area contributed by atoms with Gasteiger partial charge in [0.25, 0.3) is 0 Å². The highest BCUT2D eigenvalue weighted by Crippen LogP contribution is 2.29. The Hall–Kier alpha value is -0.160. The lowest BCUT2D eigenvalue weighted by Gasteiger charge is -2.35. The Morgan fingerprint density at radius 3 is 2.68 bits per heavy atom. The molecule has 1 saturated carbocycles. The summed E-state index contributed by atoms with van der Waals surface area (Å²) < 4.78 is 5.52. The zero-order chi connectivity index (χ0) is 13.1. The summed E-state index contributed by atoms with van der Waals surface area (Å²) in [6.45, 7) is 7.70. The minimum atomic E-state index is 0.544. The number of likely N-dealkylation sites (tertiary alicyclic amines) is 1. The van der Waals surface area contributed by atoms with Crippen LogP contribution in [0.5, 0.6) is 0 Å². The molecular formula is C15H29N3O. The Balaban J connectivity index is 1.34. The Bertz CT molecular complexity index is 269. The van der Waals surface area contributed by atoms with Crippen LogP contribution in [-0.4, -0.2) is 61.9 Å². The minimum absolute atomic E-state index is 0.544. The number of hydrogen-bond acceptors (Lipinski definition) is 4. The Labute approximate surface area is 117 Å². The van der Waals surface area contributed by atoms with Gasteiger partial charge in [-0.3, -0.25) is 0 Å². The van der Waals surface area contributed by atoms with Crippen LogP contribution in [0.2, 0.25) is 0 Å². The van der Waals surface area contributed by atoms with Crippen LogP contribution in [0.1, 0.15) is 39.0 Å². The second-order valence-electron chi connectivity index (χ2n) is 6.57. The molecule has 2 atom stereocenters. The largest absolute Gasteiger partial charge is 0.379 e. The highest BCUT2D eigenvalue weighted by Gasteiger charge is 2.32. The average molecular weight is 267 g/mol. The van der Waals surface area contributed by atoms with Crippen molar-refractivity contribution in [3.63, 3.8) is 0 Å². The molecule has 3 aliphatic rings. The van der Waals surface area contributed by atoms with Crippen molar-refractivity contribution in [2.75, 3.05) is 32.8 Å². The van der Waals surface area contributed by atoms with Crippen molar-refractivity contribution in [1.82, 2.24) is 15.5 Å². The maximum Gasteiger partial charge on any atom is 0.0620 e. The molecule has 1 aliphatic carbocycles. The van der Waals surface area contributed by atoms with Gasteiger partial charge in [0.1, 0.15) is 0 Å². The number of rotatable bonds is 5. The van der Waals surface area contributed by atoms with Crippen LogP contribution in [0.15, 0.2) is 0 Å². The summed E-state index contributed by atoms with van der Waals surface area (Å²) in [6, 6.07) is 2.82. The maximum atomic E-state index is 5.52. The number of nitrogens with one attached hydrogen (secondary N) is 2. The van der Waals surface area contributed by atoms with E-state index >= 15 is 0 Å². The highest BCUT2D eigenvalue weighted by molar-refractivity contribution is 4.89. The third-order valence-electron chi connectivity index (χ3n) is 4.75. The quantitative estimate of drug-likeness (QED) is 0.778. The Kier molecular flexibility index (Phi) is 4.74. The first-order valence-electron chi connectivity index (χ1n) is 8.12. The number of piperidine rings is 1. The number of ether oxygens (including phenoxy) is 1. The topological polar surface area (TPSA) is 36.5 Å². The van der Waals surface area contributed by atoms with Crippen molar-refractivity contribution < 1.29 is 4.74 Å². The molecule has 0 bridgehead atoms. The summed E-state index contributed by atoms with van der Waals surface area (Å²) in [6.07, 6.45) is 6.73. The second kappa shape index (κ2) is 6.53. The molecule has 2 heterocycles. The van der Waals surface area contributed by atoms with Crippen LogP contribution >= 0.6 is 0 Å². The predicted octanol–water partition coefficient (Wildman–Crippen LogP) is 0.970. The third kappa shape index (κ3) is 4.15. The highest BCUT2D eigenvalue weighted by atomic mass is 16.5. The summed E-state index contributed by atoms with van der Waals surface area (Å²) in [5.41, 5.74) is 0. The molecular weight excluding hydrogens is 238 g/mol. The molecule has 3 fully saturated rings. The number of nitrogens with zero attached hydrogens (tertiary/aromatic N) is 1. The first-order valence-corrected chi connectivity index (χ1v) is 8.12. The summed E-state index contributed by atoms with van der Waals surface area (Å²) in [5.74, 6) is 0. The normalized spacial score (nSPS) is 32.4. The summed E-state index contributed by atoms with van der Waals surface area (Å²) in [7, 11) is 0. The van der Waals surface area contributed by atoms with E-state index in [1.165, 1.54) is 45.2 Å². The zero-order valence-corrected chi connectivity index (χ0v) is 12.2. The average Bonchev–Trinajstić information content (AvgIpc) is 3.25. The van der Waals surface area contributed by atoms with Crippen LogP contribution in [0.25, 0.3) is 0 Å². The second-order valence-corrected chi connectivity index (χ2v) is 6.57. The van der Waals surface area contributed by atoms with Gasteiger partial charge in [-0.2, -0.15) is 0 Å². The van der Waals surface area contributed by atoms with Gasteiger partial charge < -0.3 is 20.3 Å². The predicted molar refractivity (Wildman–Crippen MR) is 77.4 cm³/mol. The van der Waals surface area contributed by atoms with Gasteiger partial charge in [0.05, 0.1) is 13.2 Å². The van der Waals surface area contributed by atoms with Gasteiger partial charge >= 0.3 is 0 Å². The fraction of sp³-hybridized carbons (Fsp3) is 1.00. The van der Waals surface area contributed by atoms with Gasteiger partial charge in [0, 0.05) is 30.7 Å². The van der Waals surface area contributed by atoms with Gasteiger partial charge in [-0.15, -0.1) is 0 Å². The summed E-state index contributed by atoms with van der Waals surface area (Å²) in [5, 5.41) is 7.37. The molecule has 4 nitrogen and oxygen atoms in total. The molecule has 110 valence electrons. The minimum Gasteiger partial charge on any atom is -0.379 e. The standard InChI is InChI=1S/C15H29N3O/c1-12(10-14-11-19-9-6-16-14)17-13-4-7-18(8-5-13)15-2-3-15/h12-17H,2-11H2,1H3.